The molecule has 0 spiro atoms. The van der Waals surface area contributed by atoms with Gasteiger partial charge in [-0.3, -0.25) is 4.90 Å². The molecule has 118 valence electrons. The zero-order chi connectivity index (χ0) is 15.5. The van der Waals surface area contributed by atoms with Crippen LogP contribution in [0.15, 0.2) is 18.2 Å². The Morgan fingerprint density at radius 2 is 1.86 bits per heavy atom. The summed E-state index contributed by atoms with van der Waals surface area (Å²) < 4.78 is 5.57. The van der Waals surface area contributed by atoms with Crippen LogP contribution in [0.4, 0.5) is 0 Å². The minimum atomic E-state index is -0.0135. The molecule has 1 aliphatic rings. The largest absolute Gasteiger partial charge is 0.496 e. The Balaban J connectivity index is 2.42. The second-order valence-corrected chi connectivity index (χ2v) is 6.23. The van der Waals surface area contributed by atoms with Gasteiger partial charge in [0, 0.05) is 11.1 Å². The van der Waals surface area contributed by atoms with E-state index in [4.69, 9.17) is 10.5 Å². The fourth-order valence-corrected chi connectivity index (χ4v) is 3.88. The van der Waals surface area contributed by atoms with E-state index >= 15 is 0 Å². The van der Waals surface area contributed by atoms with Gasteiger partial charge in [-0.25, -0.2) is 0 Å². The van der Waals surface area contributed by atoms with Crippen LogP contribution in [0.5, 0.6) is 5.75 Å². The SMILES string of the molecule is CCC(CC)(C(N)c1cc(C)ccc1OC)N1CCCC1. The van der Waals surface area contributed by atoms with E-state index in [-0.39, 0.29) is 11.6 Å². The number of likely N-dealkylation sites (tertiary alicyclic amines) is 1. The van der Waals surface area contributed by atoms with Crippen molar-refractivity contribution in [2.75, 3.05) is 20.2 Å². The minimum absolute atomic E-state index is 0.0135. The second kappa shape index (κ2) is 6.80. The number of hydrogen-bond acceptors (Lipinski definition) is 3. The summed E-state index contributed by atoms with van der Waals surface area (Å²) in [5.74, 6) is 0.915. The molecule has 2 rings (SSSR count). The molecule has 3 heteroatoms. The zero-order valence-corrected chi connectivity index (χ0v) is 14.0. The van der Waals surface area contributed by atoms with Crippen LogP contribution in [0.1, 0.15) is 56.7 Å². The van der Waals surface area contributed by atoms with E-state index in [0.29, 0.717) is 0 Å². The Morgan fingerprint density at radius 3 is 2.38 bits per heavy atom. The summed E-state index contributed by atoms with van der Waals surface area (Å²) in [7, 11) is 1.73. The highest BCUT2D eigenvalue weighted by molar-refractivity contribution is 5.40. The van der Waals surface area contributed by atoms with Gasteiger partial charge in [0.1, 0.15) is 5.75 Å². The maximum Gasteiger partial charge on any atom is 0.123 e. The summed E-state index contributed by atoms with van der Waals surface area (Å²) >= 11 is 0. The Labute approximate surface area is 129 Å². The molecule has 21 heavy (non-hydrogen) atoms. The van der Waals surface area contributed by atoms with Crippen molar-refractivity contribution < 1.29 is 4.74 Å². The van der Waals surface area contributed by atoms with E-state index in [2.05, 4.69) is 37.8 Å². The van der Waals surface area contributed by atoms with Crippen LogP contribution < -0.4 is 10.5 Å². The summed E-state index contributed by atoms with van der Waals surface area (Å²) in [4.78, 5) is 2.61. The van der Waals surface area contributed by atoms with Gasteiger partial charge in [-0.15, -0.1) is 0 Å². The fraction of sp³-hybridized carbons (Fsp3) is 0.667. The average Bonchev–Trinajstić information content (AvgIpc) is 3.03. The molecule has 0 saturated carbocycles. The summed E-state index contributed by atoms with van der Waals surface area (Å²) in [5, 5.41) is 0. The van der Waals surface area contributed by atoms with Crippen LogP contribution >= 0.6 is 0 Å². The smallest absolute Gasteiger partial charge is 0.123 e. The Bertz CT molecular complexity index is 462. The van der Waals surface area contributed by atoms with Crippen molar-refractivity contribution in [2.45, 2.75) is 58.0 Å². The third-order valence-corrected chi connectivity index (χ3v) is 5.26. The lowest BCUT2D eigenvalue weighted by molar-refractivity contribution is 0.0757. The number of methoxy groups -OCH3 is 1. The first-order chi connectivity index (χ1) is 10.1. The maximum absolute atomic E-state index is 6.80. The molecule has 1 atom stereocenters. The highest BCUT2D eigenvalue weighted by Crippen LogP contribution is 2.40. The molecule has 2 N–H and O–H groups in total. The lowest BCUT2D eigenvalue weighted by Gasteiger charge is -2.45. The van der Waals surface area contributed by atoms with Gasteiger partial charge >= 0.3 is 0 Å². The monoisotopic (exact) mass is 290 g/mol. The van der Waals surface area contributed by atoms with Crippen molar-refractivity contribution in [1.29, 1.82) is 0 Å². The molecule has 0 bridgehead atoms. The number of rotatable bonds is 6. The number of aryl methyl sites for hydroxylation is 1. The van der Waals surface area contributed by atoms with Crippen LogP contribution in [0.25, 0.3) is 0 Å². The predicted octanol–water partition coefficient (Wildman–Crippen LogP) is 3.66. The van der Waals surface area contributed by atoms with Gasteiger partial charge in [-0.1, -0.05) is 31.5 Å². The summed E-state index contributed by atoms with van der Waals surface area (Å²) in [6.45, 7) is 8.99. The van der Waals surface area contributed by atoms with Gasteiger partial charge in [-0.05, 0) is 51.8 Å². The standard InChI is InChI=1S/C18H30N2O/c1-5-18(6-2,20-11-7-8-12-20)17(19)15-13-14(3)9-10-16(15)21-4/h9-10,13,17H,5-8,11-12,19H2,1-4H3. The number of nitrogens with two attached hydrogens (primary N) is 1. The van der Waals surface area contributed by atoms with Gasteiger partial charge in [0.25, 0.3) is 0 Å². The molecule has 1 unspecified atom stereocenters. The lowest BCUT2D eigenvalue weighted by Crippen LogP contribution is -2.53. The molecule has 1 aromatic carbocycles. The third-order valence-electron chi connectivity index (χ3n) is 5.26. The van der Waals surface area contributed by atoms with Crippen LogP contribution in [0, 0.1) is 6.92 Å². The van der Waals surface area contributed by atoms with E-state index in [1.54, 1.807) is 7.11 Å². The first-order valence-corrected chi connectivity index (χ1v) is 8.24. The molecule has 0 aromatic heterocycles. The van der Waals surface area contributed by atoms with Gasteiger partial charge in [-0.2, -0.15) is 0 Å². The quantitative estimate of drug-likeness (QED) is 0.869. The maximum atomic E-state index is 6.80. The van der Waals surface area contributed by atoms with E-state index < -0.39 is 0 Å². The summed E-state index contributed by atoms with van der Waals surface area (Å²) in [6.07, 6.45) is 4.72. The highest BCUT2D eigenvalue weighted by atomic mass is 16.5. The molecule has 1 saturated heterocycles. The molecule has 1 aliphatic heterocycles. The molecule has 0 radical (unpaired) electrons. The zero-order valence-electron chi connectivity index (χ0n) is 14.0. The number of hydrogen-bond donors (Lipinski definition) is 1. The Morgan fingerprint density at radius 1 is 1.24 bits per heavy atom. The first-order valence-electron chi connectivity index (χ1n) is 8.24. The summed E-state index contributed by atoms with van der Waals surface area (Å²) in [5.41, 5.74) is 9.22. The number of nitrogens with zero attached hydrogens (tertiary/aromatic N) is 1. The molecule has 3 nitrogen and oxygen atoms in total. The molecular formula is C18H30N2O. The van der Waals surface area contributed by atoms with Crippen LogP contribution in [0.3, 0.4) is 0 Å². The lowest BCUT2D eigenvalue weighted by atomic mass is 9.79. The van der Waals surface area contributed by atoms with Crippen molar-refractivity contribution in [3.05, 3.63) is 29.3 Å². The van der Waals surface area contributed by atoms with Gasteiger partial charge in [0.15, 0.2) is 0 Å². The Kier molecular flexibility index (Phi) is 5.28. The van der Waals surface area contributed by atoms with Crippen molar-refractivity contribution in [3.63, 3.8) is 0 Å². The molecular weight excluding hydrogens is 260 g/mol. The van der Waals surface area contributed by atoms with E-state index in [9.17, 15) is 0 Å². The van der Waals surface area contributed by atoms with Crippen molar-refractivity contribution in [3.8, 4) is 5.75 Å². The van der Waals surface area contributed by atoms with Crippen molar-refractivity contribution in [2.24, 2.45) is 5.73 Å². The molecule has 1 fully saturated rings. The molecule has 0 amide bonds. The highest BCUT2D eigenvalue weighted by Gasteiger charge is 2.41. The van der Waals surface area contributed by atoms with Crippen LogP contribution in [0.2, 0.25) is 0 Å². The summed E-state index contributed by atoms with van der Waals surface area (Å²) in [6, 6.07) is 6.31. The Hall–Kier alpha value is -1.06. The number of ether oxygens (including phenoxy) is 1. The van der Waals surface area contributed by atoms with Crippen LogP contribution in [-0.4, -0.2) is 30.6 Å². The molecule has 0 aliphatic carbocycles. The minimum Gasteiger partial charge on any atom is -0.496 e. The van der Waals surface area contributed by atoms with Crippen LogP contribution in [-0.2, 0) is 0 Å². The van der Waals surface area contributed by atoms with Gasteiger partial charge < -0.3 is 10.5 Å². The predicted molar refractivity (Wildman–Crippen MR) is 88.8 cm³/mol. The average molecular weight is 290 g/mol. The number of benzene rings is 1. The molecule has 1 heterocycles. The fourth-order valence-electron chi connectivity index (χ4n) is 3.88. The normalized spacial score (nSPS) is 18.0. The topological polar surface area (TPSA) is 38.5 Å². The third kappa shape index (κ3) is 2.95. The van der Waals surface area contributed by atoms with Crippen molar-refractivity contribution >= 4 is 0 Å². The first kappa shape index (κ1) is 16.3. The van der Waals surface area contributed by atoms with Crippen molar-refractivity contribution in [1.82, 2.24) is 4.90 Å². The second-order valence-electron chi connectivity index (χ2n) is 6.23. The van der Waals surface area contributed by atoms with Gasteiger partial charge in [0.05, 0.1) is 13.2 Å². The van der Waals surface area contributed by atoms with Gasteiger partial charge in [0.2, 0.25) is 0 Å². The molecule has 1 aromatic rings. The van der Waals surface area contributed by atoms with E-state index in [0.717, 1.165) is 24.2 Å². The van der Waals surface area contributed by atoms with E-state index in [1.807, 2.05) is 6.07 Å². The van der Waals surface area contributed by atoms with E-state index in [1.165, 1.54) is 31.5 Å².